The van der Waals surface area contributed by atoms with Crippen molar-refractivity contribution in [3.05, 3.63) is 0 Å². The van der Waals surface area contributed by atoms with Crippen molar-refractivity contribution in [3.63, 3.8) is 0 Å². The number of carboxylic acids is 1. The number of likely N-dealkylation sites (tertiary alicyclic amines) is 1. The molecule has 1 N–H and O–H groups in total. The number of hydrogen-bond acceptors (Lipinski definition) is 2. The second-order valence-corrected chi connectivity index (χ2v) is 4.40. The number of terminal acetylenes is 1. The molecule has 0 saturated carbocycles. The summed E-state index contributed by atoms with van der Waals surface area (Å²) in [7, 11) is 0. The van der Waals surface area contributed by atoms with Crippen LogP contribution in [-0.4, -0.2) is 39.3 Å². The third kappa shape index (κ3) is 2.26. The topological polar surface area (TPSA) is 57.6 Å². The molecule has 2 atom stereocenters. The van der Waals surface area contributed by atoms with Crippen molar-refractivity contribution in [3.8, 4) is 12.3 Å². The predicted molar refractivity (Wildman–Crippen MR) is 53.9 cm³/mol. The summed E-state index contributed by atoms with van der Waals surface area (Å²) in [5.41, 5.74) is 0. The van der Waals surface area contributed by atoms with Crippen LogP contribution in [0.25, 0.3) is 0 Å². The molecule has 76 valence electrons. The summed E-state index contributed by atoms with van der Waals surface area (Å²) in [5, 5.41) is 8.86. The van der Waals surface area contributed by atoms with Gasteiger partial charge in [-0.25, -0.2) is 4.79 Å². The SMILES string of the molecule is C#CC[C@@H](C(=O)O)N1CC(Br)CC1=O. The number of alkyl halides is 1. The molecule has 1 aliphatic heterocycles. The van der Waals surface area contributed by atoms with E-state index in [1.54, 1.807) is 0 Å². The molecule has 0 bridgehead atoms. The number of halogens is 1. The van der Waals surface area contributed by atoms with Gasteiger partial charge in [0.2, 0.25) is 5.91 Å². The summed E-state index contributed by atoms with van der Waals surface area (Å²) in [5.74, 6) is 1.07. The first-order valence-electron chi connectivity index (χ1n) is 4.16. The summed E-state index contributed by atoms with van der Waals surface area (Å²) in [4.78, 5) is 23.6. The predicted octanol–water partition coefficient (Wildman–Crippen LogP) is 0.459. The molecule has 0 aromatic carbocycles. The van der Waals surface area contributed by atoms with Gasteiger partial charge >= 0.3 is 5.97 Å². The van der Waals surface area contributed by atoms with Crippen molar-refractivity contribution >= 4 is 27.8 Å². The minimum Gasteiger partial charge on any atom is -0.480 e. The maximum absolute atomic E-state index is 11.4. The standard InChI is InChI=1S/C9H10BrNO3/c1-2-3-7(9(13)14)11-5-6(10)4-8(11)12/h1,6-7H,3-5H2,(H,13,14)/t6?,7-/m0/s1. The van der Waals surface area contributed by atoms with Crippen LogP contribution in [0.15, 0.2) is 0 Å². The van der Waals surface area contributed by atoms with Gasteiger partial charge in [-0.2, -0.15) is 0 Å². The lowest BCUT2D eigenvalue weighted by atomic mass is 10.2. The van der Waals surface area contributed by atoms with Crippen LogP contribution in [0.4, 0.5) is 0 Å². The first-order valence-corrected chi connectivity index (χ1v) is 5.07. The zero-order chi connectivity index (χ0) is 10.7. The molecular weight excluding hydrogens is 250 g/mol. The van der Waals surface area contributed by atoms with Crippen LogP contribution >= 0.6 is 15.9 Å². The van der Waals surface area contributed by atoms with Crippen LogP contribution in [0.5, 0.6) is 0 Å². The molecule has 1 heterocycles. The van der Waals surface area contributed by atoms with Gasteiger partial charge in [0.05, 0.1) is 0 Å². The molecule has 5 heteroatoms. The summed E-state index contributed by atoms with van der Waals surface area (Å²) in [6, 6.07) is -0.880. The van der Waals surface area contributed by atoms with E-state index < -0.39 is 12.0 Å². The van der Waals surface area contributed by atoms with Crippen LogP contribution in [0.1, 0.15) is 12.8 Å². The van der Waals surface area contributed by atoms with Gasteiger partial charge in [0.25, 0.3) is 0 Å². The molecule has 1 saturated heterocycles. The van der Waals surface area contributed by atoms with E-state index in [1.165, 1.54) is 4.90 Å². The second kappa shape index (κ2) is 4.47. The number of carbonyl (C=O) groups is 2. The fourth-order valence-corrected chi connectivity index (χ4v) is 2.02. The van der Waals surface area contributed by atoms with Gasteiger partial charge in [-0.1, -0.05) is 15.9 Å². The fraction of sp³-hybridized carbons (Fsp3) is 0.556. The van der Waals surface area contributed by atoms with Crippen molar-refractivity contribution in [1.29, 1.82) is 0 Å². The van der Waals surface area contributed by atoms with E-state index in [1.807, 2.05) is 0 Å². The minimum atomic E-state index is -1.04. The van der Waals surface area contributed by atoms with E-state index in [9.17, 15) is 9.59 Å². The highest BCUT2D eigenvalue weighted by molar-refractivity contribution is 9.09. The lowest BCUT2D eigenvalue weighted by molar-refractivity contribution is -0.148. The molecule has 1 aliphatic rings. The van der Waals surface area contributed by atoms with Crippen molar-refractivity contribution in [2.75, 3.05) is 6.54 Å². The summed E-state index contributed by atoms with van der Waals surface area (Å²) in [6.45, 7) is 0.414. The van der Waals surface area contributed by atoms with E-state index in [-0.39, 0.29) is 17.2 Å². The highest BCUT2D eigenvalue weighted by atomic mass is 79.9. The third-order valence-electron chi connectivity index (χ3n) is 2.08. The molecule has 0 aromatic heterocycles. The minimum absolute atomic E-state index is 0.0367. The van der Waals surface area contributed by atoms with Crippen molar-refractivity contribution in [2.24, 2.45) is 0 Å². The Bertz CT molecular complexity index is 297. The quantitative estimate of drug-likeness (QED) is 0.592. The van der Waals surface area contributed by atoms with Gasteiger partial charge < -0.3 is 10.0 Å². The van der Waals surface area contributed by atoms with Gasteiger partial charge in [-0.05, 0) is 0 Å². The average Bonchev–Trinajstić information content (AvgIpc) is 2.40. The Hall–Kier alpha value is -1.02. The first kappa shape index (κ1) is 11.1. The summed E-state index contributed by atoms with van der Waals surface area (Å²) >= 11 is 3.28. The molecule has 4 nitrogen and oxygen atoms in total. The molecule has 1 unspecified atom stereocenters. The zero-order valence-electron chi connectivity index (χ0n) is 7.44. The number of amides is 1. The monoisotopic (exact) mass is 259 g/mol. The molecule has 0 aliphatic carbocycles. The molecule has 14 heavy (non-hydrogen) atoms. The molecule has 1 fully saturated rings. The van der Waals surface area contributed by atoms with Gasteiger partial charge in [0.1, 0.15) is 6.04 Å². The van der Waals surface area contributed by atoms with Gasteiger partial charge in [0, 0.05) is 24.2 Å². The molecule has 0 spiro atoms. The molecule has 0 radical (unpaired) electrons. The molecule has 1 amide bonds. The Labute approximate surface area is 90.4 Å². The number of aliphatic carboxylic acids is 1. The van der Waals surface area contributed by atoms with Crippen molar-refractivity contribution < 1.29 is 14.7 Å². The Kier molecular flexibility index (Phi) is 3.53. The van der Waals surface area contributed by atoms with Gasteiger partial charge in [-0.3, -0.25) is 4.79 Å². The maximum Gasteiger partial charge on any atom is 0.327 e. The van der Waals surface area contributed by atoms with Crippen LogP contribution in [0, 0.1) is 12.3 Å². The molecular formula is C9H10BrNO3. The van der Waals surface area contributed by atoms with Crippen molar-refractivity contribution in [2.45, 2.75) is 23.7 Å². The Balaban J connectivity index is 2.74. The van der Waals surface area contributed by atoms with Gasteiger partial charge in [0.15, 0.2) is 0 Å². The zero-order valence-corrected chi connectivity index (χ0v) is 9.03. The average molecular weight is 260 g/mol. The van der Waals surface area contributed by atoms with E-state index in [2.05, 4.69) is 21.9 Å². The maximum atomic E-state index is 11.4. The number of nitrogens with zero attached hydrogens (tertiary/aromatic N) is 1. The normalized spacial score (nSPS) is 23.3. The number of rotatable bonds is 3. The van der Waals surface area contributed by atoms with E-state index in [4.69, 9.17) is 11.5 Å². The number of carbonyl (C=O) groups excluding carboxylic acids is 1. The Morgan fingerprint density at radius 1 is 1.86 bits per heavy atom. The van der Waals surface area contributed by atoms with Crippen LogP contribution in [0.2, 0.25) is 0 Å². The first-order chi connectivity index (χ1) is 6.56. The number of carboxylic acid groups (broad SMARTS) is 1. The van der Waals surface area contributed by atoms with E-state index in [0.717, 1.165) is 0 Å². The lowest BCUT2D eigenvalue weighted by Gasteiger charge is -2.22. The van der Waals surface area contributed by atoms with Crippen molar-refractivity contribution in [1.82, 2.24) is 4.90 Å². The van der Waals surface area contributed by atoms with Gasteiger partial charge in [-0.15, -0.1) is 12.3 Å². The molecule has 0 aromatic rings. The largest absolute Gasteiger partial charge is 0.480 e. The Morgan fingerprint density at radius 3 is 2.86 bits per heavy atom. The van der Waals surface area contributed by atoms with Crippen LogP contribution in [-0.2, 0) is 9.59 Å². The summed E-state index contributed by atoms with van der Waals surface area (Å²) in [6.07, 6.45) is 5.45. The van der Waals surface area contributed by atoms with E-state index in [0.29, 0.717) is 13.0 Å². The lowest BCUT2D eigenvalue weighted by Crippen LogP contribution is -2.42. The fourth-order valence-electron chi connectivity index (χ4n) is 1.43. The highest BCUT2D eigenvalue weighted by Gasteiger charge is 2.36. The Morgan fingerprint density at radius 2 is 2.50 bits per heavy atom. The number of hydrogen-bond donors (Lipinski definition) is 1. The third-order valence-corrected chi connectivity index (χ3v) is 2.70. The second-order valence-electron chi connectivity index (χ2n) is 3.11. The van der Waals surface area contributed by atoms with Crippen LogP contribution < -0.4 is 0 Å². The van der Waals surface area contributed by atoms with Crippen LogP contribution in [0.3, 0.4) is 0 Å². The smallest absolute Gasteiger partial charge is 0.327 e. The van der Waals surface area contributed by atoms with E-state index >= 15 is 0 Å². The molecule has 1 rings (SSSR count). The summed E-state index contributed by atoms with van der Waals surface area (Å²) < 4.78 is 0. The highest BCUT2D eigenvalue weighted by Crippen LogP contribution is 2.21.